The number of nitrogens with zero attached hydrogens (tertiary/aromatic N) is 1. The Morgan fingerprint density at radius 3 is 2.69 bits per heavy atom. The minimum atomic E-state index is 0.564. The second-order valence-electron chi connectivity index (χ2n) is 2.69. The van der Waals surface area contributed by atoms with Gasteiger partial charge >= 0.3 is 0 Å². The molecule has 0 spiro atoms. The van der Waals surface area contributed by atoms with E-state index < -0.39 is 0 Å². The van der Waals surface area contributed by atoms with Crippen molar-refractivity contribution in [3.8, 4) is 11.3 Å². The Bertz CT molecular complexity index is 381. The maximum Gasteiger partial charge on any atom is 0.0856 e. The van der Waals surface area contributed by atoms with Gasteiger partial charge in [0.25, 0.3) is 0 Å². The van der Waals surface area contributed by atoms with Crippen LogP contribution < -0.4 is 5.73 Å². The minimum absolute atomic E-state index is 0.564. The van der Waals surface area contributed by atoms with Gasteiger partial charge in [0.05, 0.1) is 11.2 Å². The van der Waals surface area contributed by atoms with Crippen LogP contribution in [0.1, 0.15) is 4.88 Å². The lowest BCUT2D eigenvalue weighted by atomic mass is 10.1. The number of aromatic nitrogens is 1. The van der Waals surface area contributed by atoms with Crippen LogP contribution in [0.2, 0.25) is 0 Å². The topological polar surface area (TPSA) is 38.9 Å². The van der Waals surface area contributed by atoms with Crippen LogP contribution in [-0.2, 0) is 6.54 Å². The molecule has 0 saturated carbocycles. The first kappa shape index (κ1) is 8.41. The summed E-state index contributed by atoms with van der Waals surface area (Å²) in [6, 6.07) is 10.1. The van der Waals surface area contributed by atoms with Gasteiger partial charge in [-0.05, 0) is 0 Å². The van der Waals surface area contributed by atoms with Gasteiger partial charge in [-0.15, -0.1) is 11.3 Å². The summed E-state index contributed by atoms with van der Waals surface area (Å²) in [5.41, 5.74) is 9.60. The van der Waals surface area contributed by atoms with Crippen LogP contribution in [0, 0.1) is 0 Å². The van der Waals surface area contributed by atoms with Crippen LogP contribution in [-0.4, -0.2) is 4.98 Å². The molecule has 2 rings (SSSR count). The highest BCUT2D eigenvalue weighted by Gasteiger charge is 2.05. The summed E-state index contributed by atoms with van der Waals surface area (Å²) in [6.45, 7) is 0.564. The Morgan fingerprint density at radius 1 is 1.23 bits per heavy atom. The van der Waals surface area contributed by atoms with Crippen LogP contribution in [0.25, 0.3) is 11.3 Å². The molecule has 0 unspecified atom stereocenters. The molecule has 0 fully saturated rings. The molecule has 1 heterocycles. The lowest BCUT2D eigenvalue weighted by molar-refractivity contribution is 1.10. The van der Waals surface area contributed by atoms with Crippen molar-refractivity contribution in [1.82, 2.24) is 4.98 Å². The van der Waals surface area contributed by atoms with E-state index in [-0.39, 0.29) is 0 Å². The lowest BCUT2D eigenvalue weighted by Crippen LogP contribution is -1.95. The van der Waals surface area contributed by atoms with Crippen molar-refractivity contribution in [2.75, 3.05) is 0 Å². The van der Waals surface area contributed by atoms with Crippen molar-refractivity contribution in [2.45, 2.75) is 6.54 Å². The summed E-state index contributed by atoms with van der Waals surface area (Å²) < 4.78 is 0. The van der Waals surface area contributed by atoms with E-state index in [1.807, 2.05) is 35.8 Å². The molecule has 0 atom stereocenters. The molecule has 2 N–H and O–H groups in total. The van der Waals surface area contributed by atoms with Gasteiger partial charge in [0.1, 0.15) is 0 Å². The molecule has 2 nitrogen and oxygen atoms in total. The fraction of sp³-hybridized carbons (Fsp3) is 0.100. The molecule has 66 valence electrons. The number of hydrogen-bond acceptors (Lipinski definition) is 3. The molecule has 0 aliphatic rings. The second-order valence-corrected chi connectivity index (χ2v) is 3.63. The maximum absolute atomic E-state index is 5.60. The minimum Gasteiger partial charge on any atom is -0.326 e. The first-order chi connectivity index (χ1) is 6.42. The molecule has 2 aromatic rings. The summed E-state index contributed by atoms with van der Waals surface area (Å²) in [5.74, 6) is 0. The molecule has 0 amide bonds. The van der Waals surface area contributed by atoms with E-state index in [2.05, 4.69) is 4.98 Å². The molecule has 0 aliphatic carbocycles. The fourth-order valence-electron chi connectivity index (χ4n) is 1.25. The van der Waals surface area contributed by atoms with E-state index in [1.165, 1.54) is 0 Å². The zero-order valence-corrected chi connectivity index (χ0v) is 7.92. The van der Waals surface area contributed by atoms with Crippen molar-refractivity contribution in [1.29, 1.82) is 0 Å². The van der Waals surface area contributed by atoms with E-state index in [0.29, 0.717) is 6.54 Å². The van der Waals surface area contributed by atoms with Crippen molar-refractivity contribution < 1.29 is 0 Å². The second kappa shape index (κ2) is 3.68. The molecule has 3 heteroatoms. The average Bonchev–Trinajstić information content (AvgIpc) is 2.67. The van der Waals surface area contributed by atoms with Crippen LogP contribution in [0.15, 0.2) is 35.8 Å². The monoisotopic (exact) mass is 190 g/mol. The van der Waals surface area contributed by atoms with Gasteiger partial charge in [-0.1, -0.05) is 30.3 Å². The molecule has 13 heavy (non-hydrogen) atoms. The zero-order valence-electron chi connectivity index (χ0n) is 7.10. The standard InChI is InChI=1S/C10H10N2S/c11-6-9-10(12-7-13-9)8-4-2-1-3-5-8/h1-5,7H,6,11H2. The van der Waals surface area contributed by atoms with Crippen LogP contribution in [0.5, 0.6) is 0 Å². The number of rotatable bonds is 2. The van der Waals surface area contributed by atoms with E-state index in [0.717, 1.165) is 16.1 Å². The number of nitrogens with two attached hydrogens (primary N) is 1. The number of benzene rings is 1. The number of thiazole rings is 1. The van der Waals surface area contributed by atoms with E-state index in [4.69, 9.17) is 5.73 Å². The molecule has 1 aromatic carbocycles. The third-order valence-electron chi connectivity index (χ3n) is 1.87. The van der Waals surface area contributed by atoms with Crippen molar-refractivity contribution >= 4 is 11.3 Å². The largest absolute Gasteiger partial charge is 0.326 e. The van der Waals surface area contributed by atoms with E-state index in [1.54, 1.807) is 11.3 Å². The van der Waals surface area contributed by atoms with E-state index in [9.17, 15) is 0 Å². The Morgan fingerprint density at radius 2 is 2.00 bits per heavy atom. The molecular formula is C10H10N2S. The van der Waals surface area contributed by atoms with Gasteiger partial charge in [-0.2, -0.15) is 0 Å². The Kier molecular flexibility index (Phi) is 2.38. The van der Waals surface area contributed by atoms with Gasteiger partial charge in [0, 0.05) is 17.0 Å². The van der Waals surface area contributed by atoms with Crippen molar-refractivity contribution in [3.63, 3.8) is 0 Å². The zero-order chi connectivity index (χ0) is 9.10. The quantitative estimate of drug-likeness (QED) is 0.789. The normalized spacial score (nSPS) is 10.2. The fourth-order valence-corrected chi connectivity index (χ4v) is 1.91. The first-order valence-electron chi connectivity index (χ1n) is 4.09. The molecule has 0 saturated heterocycles. The summed E-state index contributed by atoms with van der Waals surface area (Å²) >= 11 is 1.61. The highest BCUT2D eigenvalue weighted by Crippen LogP contribution is 2.24. The Labute approximate surface area is 81.1 Å². The smallest absolute Gasteiger partial charge is 0.0856 e. The molecular weight excluding hydrogens is 180 g/mol. The summed E-state index contributed by atoms with van der Waals surface area (Å²) in [4.78, 5) is 5.44. The van der Waals surface area contributed by atoms with Gasteiger partial charge < -0.3 is 5.73 Å². The van der Waals surface area contributed by atoms with Crippen molar-refractivity contribution in [2.24, 2.45) is 5.73 Å². The maximum atomic E-state index is 5.60. The van der Waals surface area contributed by atoms with Crippen molar-refractivity contribution in [3.05, 3.63) is 40.7 Å². The highest BCUT2D eigenvalue weighted by atomic mass is 32.1. The molecule has 0 bridgehead atoms. The van der Waals surface area contributed by atoms with Gasteiger partial charge in [0.15, 0.2) is 0 Å². The Balaban J connectivity index is 2.47. The van der Waals surface area contributed by atoms with Gasteiger partial charge in [-0.25, -0.2) is 4.98 Å². The van der Waals surface area contributed by atoms with Crippen LogP contribution in [0.3, 0.4) is 0 Å². The SMILES string of the molecule is NCc1scnc1-c1ccccc1. The third-order valence-corrected chi connectivity index (χ3v) is 2.73. The van der Waals surface area contributed by atoms with Crippen LogP contribution in [0.4, 0.5) is 0 Å². The Hall–Kier alpha value is -1.19. The molecule has 0 radical (unpaired) electrons. The highest BCUT2D eigenvalue weighted by molar-refractivity contribution is 7.10. The summed E-state index contributed by atoms with van der Waals surface area (Å²) in [5, 5.41) is 0. The number of hydrogen-bond donors (Lipinski definition) is 1. The average molecular weight is 190 g/mol. The predicted octanol–water partition coefficient (Wildman–Crippen LogP) is 2.27. The first-order valence-corrected chi connectivity index (χ1v) is 4.97. The van der Waals surface area contributed by atoms with Gasteiger partial charge in [-0.3, -0.25) is 0 Å². The van der Waals surface area contributed by atoms with Crippen LogP contribution >= 0.6 is 11.3 Å². The predicted molar refractivity (Wildman–Crippen MR) is 55.4 cm³/mol. The van der Waals surface area contributed by atoms with E-state index >= 15 is 0 Å². The molecule has 0 aliphatic heterocycles. The summed E-state index contributed by atoms with van der Waals surface area (Å²) in [6.07, 6.45) is 0. The lowest BCUT2D eigenvalue weighted by Gasteiger charge is -1.98. The molecule has 1 aromatic heterocycles. The third kappa shape index (κ3) is 1.61. The van der Waals surface area contributed by atoms with Gasteiger partial charge in [0.2, 0.25) is 0 Å². The summed E-state index contributed by atoms with van der Waals surface area (Å²) in [7, 11) is 0.